The third kappa shape index (κ3) is 5.89. The number of para-hydroxylation sites is 1. The first-order valence-electron chi connectivity index (χ1n) is 10.3. The molecule has 6 nitrogen and oxygen atoms in total. The summed E-state index contributed by atoms with van der Waals surface area (Å²) in [6, 6.07) is 18.1. The highest BCUT2D eigenvalue weighted by Crippen LogP contribution is 2.22. The average Bonchev–Trinajstić information content (AvgIpc) is 2.79. The van der Waals surface area contributed by atoms with Gasteiger partial charge in [-0.05, 0) is 61.0 Å². The summed E-state index contributed by atoms with van der Waals surface area (Å²) >= 11 is 0. The number of carboxylic acid groups (broad SMARTS) is 1. The Labute approximate surface area is 186 Å². The SMILES string of the molecule is CCCCNc1ccc(C#Cc2ccc(O)cc2)cc1C(=O)Nc1ccccc1C(=O)O. The van der Waals surface area contributed by atoms with Crippen molar-refractivity contribution in [3.63, 3.8) is 0 Å². The molecule has 162 valence electrons. The van der Waals surface area contributed by atoms with Crippen LogP contribution < -0.4 is 10.6 Å². The van der Waals surface area contributed by atoms with Crippen LogP contribution in [-0.4, -0.2) is 28.6 Å². The Morgan fingerprint density at radius 1 is 0.875 bits per heavy atom. The van der Waals surface area contributed by atoms with Crippen LogP contribution >= 0.6 is 0 Å². The number of phenolic OH excluding ortho intramolecular Hbond substituents is 1. The second-order valence-electron chi connectivity index (χ2n) is 7.14. The zero-order valence-corrected chi connectivity index (χ0v) is 17.7. The number of aromatic carboxylic acids is 1. The number of unbranched alkanes of at least 4 members (excludes halogenated alkanes) is 1. The molecule has 3 aromatic rings. The molecule has 0 unspecified atom stereocenters. The van der Waals surface area contributed by atoms with Crippen molar-refractivity contribution in [2.45, 2.75) is 19.8 Å². The minimum Gasteiger partial charge on any atom is -0.508 e. The Hall–Kier alpha value is -4.24. The summed E-state index contributed by atoms with van der Waals surface area (Å²) in [5.41, 5.74) is 2.64. The van der Waals surface area contributed by atoms with Gasteiger partial charge in [0.1, 0.15) is 5.75 Å². The fourth-order valence-electron chi connectivity index (χ4n) is 3.02. The molecule has 0 spiro atoms. The molecule has 0 fully saturated rings. The molecular formula is C26H24N2O4. The van der Waals surface area contributed by atoms with E-state index in [9.17, 15) is 19.8 Å². The Morgan fingerprint density at radius 2 is 1.56 bits per heavy atom. The largest absolute Gasteiger partial charge is 0.508 e. The van der Waals surface area contributed by atoms with Crippen molar-refractivity contribution in [2.24, 2.45) is 0 Å². The first-order chi connectivity index (χ1) is 15.5. The Morgan fingerprint density at radius 3 is 2.28 bits per heavy atom. The third-order valence-corrected chi connectivity index (χ3v) is 4.73. The van der Waals surface area contributed by atoms with Crippen molar-refractivity contribution in [1.29, 1.82) is 0 Å². The van der Waals surface area contributed by atoms with Crippen LogP contribution in [0.3, 0.4) is 0 Å². The van der Waals surface area contributed by atoms with Crippen molar-refractivity contribution in [3.05, 3.63) is 89.0 Å². The summed E-state index contributed by atoms with van der Waals surface area (Å²) in [5, 5.41) is 24.8. The van der Waals surface area contributed by atoms with E-state index in [2.05, 4.69) is 29.4 Å². The lowest BCUT2D eigenvalue weighted by molar-refractivity contribution is 0.0698. The van der Waals surface area contributed by atoms with Crippen LogP contribution in [0, 0.1) is 11.8 Å². The standard InChI is InChI=1S/C26H24N2O4/c1-2-3-16-27-23-15-12-19(9-8-18-10-13-20(29)14-11-18)17-22(23)25(30)28-24-7-5-4-6-21(24)26(31)32/h4-7,10-15,17,27,29H,2-3,16H2,1H3,(H,28,30)(H,31,32). The Kier molecular flexibility index (Phi) is 7.50. The topological polar surface area (TPSA) is 98.7 Å². The van der Waals surface area contributed by atoms with Gasteiger partial charge in [-0.3, -0.25) is 4.79 Å². The van der Waals surface area contributed by atoms with E-state index in [-0.39, 0.29) is 17.0 Å². The van der Waals surface area contributed by atoms with Crippen molar-refractivity contribution < 1.29 is 19.8 Å². The van der Waals surface area contributed by atoms with Crippen LogP contribution in [0.2, 0.25) is 0 Å². The van der Waals surface area contributed by atoms with E-state index >= 15 is 0 Å². The Bertz CT molecular complexity index is 1170. The highest BCUT2D eigenvalue weighted by atomic mass is 16.4. The molecule has 0 aliphatic heterocycles. The van der Waals surface area contributed by atoms with Gasteiger partial charge in [0.15, 0.2) is 0 Å². The molecular weight excluding hydrogens is 404 g/mol. The molecule has 0 aliphatic carbocycles. The normalized spacial score (nSPS) is 10.0. The number of phenols is 1. The van der Waals surface area contributed by atoms with Crippen LogP contribution in [0.15, 0.2) is 66.7 Å². The van der Waals surface area contributed by atoms with E-state index in [4.69, 9.17) is 0 Å². The molecule has 3 rings (SSSR count). The maximum atomic E-state index is 13.1. The van der Waals surface area contributed by atoms with Crippen LogP contribution in [-0.2, 0) is 0 Å². The molecule has 0 saturated heterocycles. The maximum Gasteiger partial charge on any atom is 0.337 e. The molecule has 0 bridgehead atoms. The number of anilines is 2. The smallest absolute Gasteiger partial charge is 0.337 e. The molecule has 0 saturated carbocycles. The lowest BCUT2D eigenvalue weighted by Crippen LogP contribution is -2.17. The summed E-state index contributed by atoms with van der Waals surface area (Å²) in [7, 11) is 0. The van der Waals surface area contributed by atoms with Crippen molar-refractivity contribution in [3.8, 4) is 17.6 Å². The lowest BCUT2D eigenvalue weighted by atomic mass is 10.1. The summed E-state index contributed by atoms with van der Waals surface area (Å²) < 4.78 is 0. The lowest BCUT2D eigenvalue weighted by Gasteiger charge is -2.14. The van der Waals surface area contributed by atoms with Gasteiger partial charge in [-0.2, -0.15) is 0 Å². The maximum absolute atomic E-state index is 13.1. The van der Waals surface area contributed by atoms with Crippen molar-refractivity contribution in [2.75, 3.05) is 17.2 Å². The van der Waals surface area contributed by atoms with Gasteiger partial charge in [0.05, 0.1) is 16.8 Å². The number of benzene rings is 3. The third-order valence-electron chi connectivity index (χ3n) is 4.73. The van der Waals surface area contributed by atoms with Crippen LogP contribution in [0.5, 0.6) is 5.75 Å². The van der Waals surface area contributed by atoms with Gasteiger partial charge in [-0.15, -0.1) is 0 Å². The molecule has 0 atom stereocenters. The van der Waals surface area contributed by atoms with Gasteiger partial charge in [-0.1, -0.05) is 37.3 Å². The molecule has 6 heteroatoms. The number of rotatable bonds is 7. The highest BCUT2D eigenvalue weighted by molar-refractivity contribution is 6.10. The fraction of sp³-hybridized carbons (Fsp3) is 0.154. The number of hydrogen-bond donors (Lipinski definition) is 4. The summed E-state index contributed by atoms with van der Waals surface area (Å²) in [4.78, 5) is 24.6. The number of carbonyl (C=O) groups excluding carboxylic acids is 1. The molecule has 0 aromatic heterocycles. The molecule has 0 heterocycles. The number of carbonyl (C=O) groups is 2. The van der Waals surface area contributed by atoms with Gasteiger partial charge in [-0.25, -0.2) is 4.79 Å². The van der Waals surface area contributed by atoms with Crippen LogP contribution in [0.25, 0.3) is 0 Å². The Balaban J connectivity index is 1.92. The number of amides is 1. The molecule has 0 aliphatic rings. The highest BCUT2D eigenvalue weighted by Gasteiger charge is 2.16. The molecule has 0 radical (unpaired) electrons. The monoisotopic (exact) mass is 428 g/mol. The van der Waals surface area contributed by atoms with E-state index in [0.29, 0.717) is 23.4 Å². The first kappa shape index (κ1) is 22.4. The number of carboxylic acids is 1. The first-order valence-corrected chi connectivity index (χ1v) is 10.3. The minimum atomic E-state index is -1.12. The van der Waals surface area contributed by atoms with Crippen LogP contribution in [0.1, 0.15) is 51.6 Å². The summed E-state index contributed by atoms with van der Waals surface area (Å²) in [6.45, 7) is 2.79. The fourth-order valence-corrected chi connectivity index (χ4v) is 3.02. The number of aromatic hydroxyl groups is 1. The van der Waals surface area contributed by atoms with Gasteiger partial charge >= 0.3 is 5.97 Å². The van der Waals surface area contributed by atoms with Crippen molar-refractivity contribution in [1.82, 2.24) is 0 Å². The second-order valence-corrected chi connectivity index (χ2v) is 7.14. The molecule has 32 heavy (non-hydrogen) atoms. The van der Waals surface area contributed by atoms with Gasteiger partial charge in [0, 0.05) is 23.4 Å². The van der Waals surface area contributed by atoms with E-state index in [1.54, 1.807) is 54.6 Å². The molecule has 4 N–H and O–H groups in total. The minimum absolute atomic E-state index is 0.0182. The average molecular weight is 428 g/mol. The number of hydrogen-bond acceptors (Lipinski definition) is 4. The molecule has 1 amide bonds. The quantitative estimate of drug-likeness (QED) is 0.315. The van der Waals surface area contributed by atoms with Crippen molar-refractivity contribution >= 4 is 23.3 Å². The van der Waals surface area contributed by atoms with Crippen LogP contribution in [0.4, 0.5) is 11.4 Å². The second kappa shape index (κ2) is 10.7. The predicted octanol–water partition coefficient (Wildman–Crippen LogP) is 4.95. The van der Waals surface area contributed by atoms with Gasteiger partial charge in [0.25, 0.3) is 5.91 Å². The van der Waals surface area contributed by atoms with E-state index < -0.39 is 11.9 Å². The predicted molar refractivity (Wildman–Crippen MR) is 125 cm³/mol. The number of nitrogens with one attached hydrogen (secondary N) is 2. The van der Waals surface area contributed by atoms with E-state index in [1.165, 1.54) is 6.07 Å². The van der Waals surface area contributed by atoms with Gasteiger partial charge in [0.2, 0.25) is 0 Å². The van der Waals surface area contributed by atoms with Gasteiger partial charge < -0.3 is 20.8 Å². The summed E-state index contributed by atoms with van der Waals surface area (Å²) in [6.07, 6.45) is 1.96. The van der Waals surface area contributed by atoms with E-state index in [0.717, 1.165) is 18.4 Å². The van der Waals surface area contributed by atoms with E-state index in [1.807, 2.05) is 6.07 Å². The molecule has 3 aromatic carbocycles. The zero-order chi connectivity index (χ0) is 22.9. The zero-order valence-electron chi connectivity index (χ0n) is 17.7. The summed E-state index contributed by atoms with van der Waals surface area (Å²) in [5.74, 6) is 4.66.